The highest BCUT2D eigenvalue weighted by molar-refractivity contribution is 5.94. The largest absolute Gasteiger partial charge is 0.396 e. The lowest BCUT2D eigenvalue weighted by atomic mass is 10.1. The Morgan fingerprint density at radius 1 is 1.45 bits per heavy atom. The summed E-state index contributed by atoms with van der Waals surface area (Å²) in [7, 11) is 0. The molecule has 0 aromatic carbocycles. The van der Waals surface area contributed by atoms with Crippen molar-refractivity contribution in [3.05, 3.63) is 24.0 Å². The Labute approximate surface area is 127 Å². The van der Waals surface area contributed by atoms with Crippen LogP contribution in [0.4, 0.5) is 0 Å². The van der Waals surface area contributed by atoms with E-state index in [2.05, 4.69) is 15.2 Å². The van der Waals surface area contributed by atoms with Gasteiger partial charge in [-0.15, -0.1) is 0 Å². The maximum Gasteiger partial charge on any atom is 0.272 e. The maximum absolute atomic E-state index is 12.8. The molecule has 1 unspecified atom stereocenters. The third kappa shape index (κ3) is 2.17. The lowest BCUT2D eigenvalue weighted by Gasteiger charge is -2.37. The quantitative estimate of drug-likeness (QED) is 0.846. The van der Waals surface area contributed by atoms with E-state index in [1.807, 2.05) is 11.0 Å². The molecule has 3 atom stereocenters. The minimum absolute atomic E-state index is 0.0331. The molecule has 4 rings (SSSR count). The van der Waals surface area contributed by atoms with Gasteiger partial charge in [0.05, 0.1) is 24.9 Å². The minimum Gasteiger partial charge on any atom is -0.396 e. The normalized spacial score (nSPS) is 28.0. The Kier molecular flexibility index (Phi) is 3.31. The first-order valence-electron chi connectivity index (χ1n) is 7.60. The molecule has 2 aromatic rings. The van der Waals surface area contributed by atoms with E-state index in [9.17, 15) is 9.90 Å². The van der Waals surface area contributed by atoms with E-state index in [0.29, 0.717) is 24.5 Å². The average molecular weight is 302 g/mol. The van der Waals surface area contributed by atoms with Crippen LogP contribution in [0.5, 0.6) is 0 Å². The molecule has 7 nitrogen and oxygen atoms in total. The summed E-state index contributed by atoms with van der Waals surface area (Å²) in [6, 6.07) is 3.63. The summed E-state index contributed by atoms with van der Waals surface area (Å²) in [5.74, 6) is 0.139. The van der Waals surface area contributed by atoms with Crippen molar-refractivity contribution in [2.45, 2.75) is 25.0 Å². The second-order valence-electron chi connectivity index (χ2n) is 6.00. The van der Waals surface area contributed by atoms with Crippen molar-refractivity contribution in [1.29, 1.82) is 0 Å². The SMILES string of the molecule is O=C(c1ccc2cn[nH]c2n1)N1CCOC2C[C@H](CO)C[C@@H]21. The number of aliphatic hydroxyl groups is 1. The van der Waals surface area contributed by atoms with Gasteiger partial charge in [0, 0.05) is 18.5 Å². The summed E-state index contributed by atoms with van der Waals surface area (Å²) < 4.78 is 5.77. The van der Waals surface area contributed by atoms with Crippen molar-refractivity contribution in [3.8, 4) is 0 Å². The number of pyridine rings is 1. The number of hydrogen-bond donors (Lipinski definition) is 2. The van der Waals surface area contributed by atoms with E-state index in [0.717, 1.165) is 18.2 Å². The number of carbonyl (C=O) groups excluding carboxylic acids is 1. The van der Waals surface area contributed by atoms with Crippen LogP contribution in [-0.4, -0.2) is 63.0 Å². The summed E-state index contributed by atoms with van der Waals surface area (Å²) in [5, 5.41) is 17.0. The van der Waals surface area contributed by atoms with E-state index >= 15 is 0 Å². The molecule has 7 heteroatoms. The van der Waals surface area contributed by atoms with Crippen LogP contribution in [0, 0.1) is 5.92 Å². The summed E-state index contributed by atoms with van der Waals surface area (Å²) in [4.78, 5) is 19.0. The molecule has 1 aliphatic heterocycles. The van der Waals surface area contributed by atoms with Gasteiger partial charge in [0.15, 0.2) is 5.65 Å². The predicted octanol–water partition coefficient (Wildman–Crippen LogP) is 0.570. The van der Waals surface area contributed by atoms with E-state index in [-0.39, 0.29) is 30.6 Å². The fourth-order valence-corrected chi connectivity index (χ4v) is 3.54. The number of morpholine rings is 1. The Hall–Kier alpha value is -1.99. The van der Waals surface area contributed by atoms with Crippen LogP contribution >= 0.6 is 0 Å². The molecule has 1 aliphatic carbocycles. The Morgan fingerprint density at radius 2 is 2.36 bits per heavy atom. The van der Waals surface area contributed by atoms with Crippen LogP contribution in [0.2, 0.25) is 0 Å². The van der Waals surface area contributed by atoms with Crippen LogP contribution < -0.4 is 0 Å². The molecule has 22 heavy (non-hydrogen) atoms. The minimum atomic E-state index is -0.0756. The van der Waals surface area contributed by atoms with Gasteiger partial charge in [-0.3, -0.25) is 9.89 Å². The summed E-state index contributed by atoms with van der Waals surface area (Å²) in [6.07, 6.45) is 3.33. The first-order chi connectivity index (χ1) is 10.8. The van der Waals surface area contributed by atoms with Crippen LogP contribution in [0.15, 0.2) is 18.3 Å². The standard InChI is InChI=1S/C15H18N4O3/c20-8-9-5-12-13(6-9)22-4-3-19(12)15(21)11-2-1-10-7-16-18-14(10)17-11/h1-2,7,9,12-13,20H,3-6,8H2,(H,16,17,18)/t9-,12+,13?/m1/s1. The molecule has 2 aliphatic rings. The first-order valence-corrected chi connectivity index (χ1v) is 7.60. The van der Waals surface area contributed by atoms with Gasteiger partial charge in [-0.05, 0) is 30.9 Å². The van der Waals surface area contributed by atoms with Gasteiger partial charge in [-0.2, -0.15) is 5.10 Å². The smallest absolute Gasteiger partial charge is 0.272 e. The van der Waals surface area contributed by atoms with Crippen molar-refractivity contribution >= 4 is 16.9 Å². The zero-order chi connectivity index (χ0) is 15.1. The molecule has 0 radical (unpaired) electrons. The topological polar surface area (TPSA) is 91.3 Å². The molecule has 2 aromatic heterocycles. The van der Waals surface area contributed by atoms with Crippen molar-refractivity contribution in [3.63, 3.8) is 0 Å². The van der Waals surface area contributed by atoms with E-state index in [1.165, 1.54) is 0 Å². The van der Waals surface area contributed by atoms with Crippen LogP contribution in [0.1, 0.15) is 23.3 Å². The van der Waals surface area contributed by atoms with Crippen LogP contribution in [-0.2, 0) is 4.74 Å². The number of rotatable bonds is 2. The number of aromatic nitrogens is 3. The Bertz CT molecular complexity index is 701. The van der Waals surface area contributed by atoms with Gasteiger partial charge in [0.2, 0.25) is 0 Å². The summed E-state index contributed by atoms with van der Waals surface area (Å²) in [5.41, 5.74) is 1.04. The highest BCUT2D eigenvalue weighted by Gasteiger charge is 2.43. The fourth-order valence-electron chi connectivity index (χ4n) is 3.54. The van der Waals surface area contributed by atoms with Crippen molar-refractivity contribution in [1.82, 2.24) is 20.1 Å². The van der Waals surface area contributed by atoms with Gasteiger partial charge >= 0.3 is 0 Å². The number of aromatic amines is 1. The number of ether oxygens (including phenoxy) is 1. The first kappa shape index (κ1) is 13.7. The molecule has 2 N–H and O–H groups in total. The number of nitrogens with one attached hydrogen (secondary N) is 1. The van der Waals surface area contributed by atoms with E-state index in [4.69, 9.17) is 4.74 Å². The average Bonchev–Trinajstić information content (AvgIpc) is 3.18. The van der Waals surface area contributed by atoms with Gasteiger partial charge < -0.3 is 14.7 Å². The molecule has 0 bridgehead atoms. The van der Waals surface area contributed by atoms with Crippen molar-refractivity contribution in [2.75, 3.05) is 19.8 Å². The third-order valence-corrected chi connectivity index (χ3v) is 4.67. The number of H-pyrrole nitrogens is 1. The monoisotopic (exact) mass is 302 g/mol. The molecule has 0 spiro atoms. The number of amides is 1. The molecule has 2 fully saturated rings. The van der Waals surface area contributed by atoms with Gasteiger partial charge in [-0.25, -0.2) is 4.98 Å². The number of hydrogen-bond acceptors (Lipinski definition) is 5. The van der Waals surface area contributed by atoms with Crippen molar-refractivity contribution in [2.24, 2.45) is 5.92 Å². The van der Waals surface area contributed by atoms with Crippen LogP contribution in [0.25, 0.3) is 11.0 Å². The van der Waals surface area contributed by atoms with Crippen LogP contribution in [0.3, 0.4) is 0 Å². The second-order valence-corrected chi connectivity index (χ2v) is 6.00. The molecule has 116 valence electrons. The molecule has 1 saturated carbocycles. The third-order valence-electron chi connectivity index (χ3n) is 4.67. The number of fused-ring (bicyclic) bond motifs is 2. The number of carbonyl (C=O) groups is 1. The molecular formula is C15H18N4O3. The Balaban J connectivity index is 1.60. The molecule has 1 saturated heterocycles. The highest BCUT2D eigenvalue weighted by Crippen LogP contribution is 2.34. The summed E-state index contributed by atoms with van der Waals surface area (Å²) in [6.45, 7) is 1.26. The Morgan fingerprint density at radius 3 is 3.23 bits per heavy atom. The summed E-state index contributed by atoms with van der Waals surface area (Å²) >= 11 is 0. The maximum atomic E-state index is 12.8. The molecule has 1 amide bonds. The zero-order valence-electron chi connectivity index (χ0n) is 12.1. The lowest BCUT2D eigenvalue weighted by Crippen LogP contribution is -2.51. The lowest BCUT2D eigenvalue weighted by molar-refractivity contribution is -0.0450. The molecular weight excluding hydrogens is 284 g/mol. The van der Waals surface area contributed by atoms with Gasteiger partial charge in [0.25, 0.3) is 5.91 Å². The zero-order valence-corrected chi connectivity index (χ0v) is 12.1. The van der Waals surface area contributed by atoms with Crippen molar-refractivity contribution < 1.29 is 14.6 Å². The number of aliphatic hydroxyl groups excluding tert-OH is 1. The number of nitrogens with zero attached hydrogens (tertiary/aromatic N) is 3. The van der Waals surface area contributed by atoms with Gasteiger partial charge in [0.1, 0.15) is 5.69 Å². The van der Waals surface area contributed by atoms with E-state index in [1.54, 1.807) is 12.3 Å². The fraction of sp³-hybridized carbons (Fsp3) is 0.533. The van der Waals surface area contributed by atoms with E-state index < -0.39 is 0 Å². The molecule has 3 heterocycles. The second kappa shape index (κ2) is 5.33. The highest BCUT2D eigenvalue weighted by atomic mass is 16.5. The van der Waals surface area contributed by atoms with Gasteiger partial charge in [-0.1, -0.05) is 0 Å². The predicted molar refractivity (Wildman–Crippen MR) is 78.3 cm³/mol.